The van der Waals surface area contributed by atoms with Crippen LogP contribution in [-0.4, -0.2) is 34.6 Å². The van der Waals surface area contributed by atoms with Crippen molar-refractivity contribution in [1.82, 2.24) is 10.2 Å². The molecular weight excluding hydrogens is 511 g/mol. The standard InChI is InChI=1S/C26H31Cl3N2O2S/c1-2-24(26(33)30-21-9-4-3-5-10-21)31(15-18-11-12-22(28)23(29)14-18)25(32)17-34-16-19-7-6-8-20(27)13-19/h6-8,11-14,21,24H,2-5,9-10,15-17H2,1H3,(H,30,33)/t24-/m0/s1. The first kappa shape index (κ1) is 27.2. The van der Waals surface area contributed by atoms with Crippen LogP contribution in [0, 0.1) is 0 Å². The zero-order valence-corrected chi connectivity index (χ0v) is 22.5. The zero-order chi connectivity index (χ0) is 24.5. The summed E-state index contributed by atoms with van der Waals surface area (Å²) in [7, 11) is 0. The molecule has 2 amide bonds. The van der Waals surface area contributed by atoms with Crippen molar-refractivity contribution in [2.75, 3.05) is 5.75 Å². The lowest BCUT2D eigenvalue weighted by Crippen LogP contribution is -2.52. The second kappa shape index (κ2) is 13.6. The van der Waals surface area contributed by atoms with Gasteiger partial charge in [-0.15, -0.1) is 11.8 Å². The summed E-state index contributed by atoms with van der Waals surface area (Å²) >= 11 is 19.9. The molecule has 1 atom stereocenters. The molecule has 2 aromatic rings. The summed E-state index contributed by atoms with van der Waals surface area (Å²) in [5.74, 6) is 0.769. The molecule has 1 aliphatic rings. The second-order valence-electron chi connectivity index (χ2n) is 8.66. The Hall–Kier alpha value is -1.40. The van der Waals surface area contributed by atoms with Crippen LogP contribution in [0.15, 0.2) is 42.5 Å². The molecule has 0 spiro atoms. The molecule has 0 aliphatic heterocycles. The Labute approximate surface area is 221 Å². The van der Waals surface area contributed by atoms with Crippen LogP contribution < -0.4 is 5.32 Å². The van der Waals surface area contributed by atoms with Crippen LogP contribution in [0.2, 0.25) is 15.1 Å². The third kappa shape index (κ3) is 8.08. The van der Waals surface area contributed by atoms with Crippen molar-refractivity contribution in [3.05, 3.63) is 68.7 Å². The van der Waals surface area contributed by atoms with Gasteiger partial charge in [0.2, 0.25) is 11.8 Å². The molecule has 2 aromatic carbocycles. The van der Waals surface area contributed by atoms with Gasteiger partial charge < -0.3 is 10.2 Å². The van der Waals surface area contributed by atoms with Crippen molar-refractivity contribution < 1.29 is 9.59 Å². The van der Waals surface area contributed by atoms with Crippen LogP contribution in [0.5, 0.6) is 0 Å². The highest BCUT2D eigenvalue weighted by Crippen LogP contribution is 2.25. The minimum absolute atomic E-state index is 0.0799. The fourth-order valence-electron chi connectivity index (χ4n) is 4.26. The van der Waals surface area contributed by atoms with Gasteiger partial charge in [-0.25, -0.2) is 0 Å². The van der Waals surface area contributed by atoms with Gasteiger partial charge in [-0.05, 0) is 54.7 Å². The lowest BCUT2D eigenvalue weighted by atomic mass is 9.95. The molecule has 8 heteroatoms. The quantitative estimate of drug-likeness (QED) is 0.348. The Kier molecular flexibility index (Phi) is 10.9. The number of nitrogens with one attached hydrogen (secondary N) is 1. The van der Waals surface area contributed by atoms with Crippen molar-refractivity contribution in [1.29, 1.82) is 0 Å². The highest BCUT2D eigenvalue weighted by molar-refractivity contribution is 7.99. The van der Waals surface area contributed by atoms with Crippen molar-refractivity contribution in [3.63, 3.8) is 0 Å². The number of halogens is 3. The second-order valence-corrected chi connectivity index (χ2v) is 10.9. The maximum Gasteiger partial charge on any atom is 0.243 e. The van der Waals surface area contributed by atoms with Crippen LogP contribution in [0.3, 0.4) is 0 Å². The van der Waals surface area contributed by atoms with Gasteiger partial charge in [0.1, 0.15) is 6.04 Å². The largest absolute Gasteiger partial charge is 0.352 e. The first-order valence-electron chi connectivity index (χ1n) is 11.7. The number of rotatable bonds is 10. The first-order valence-corrected chi connectivity index (χ1v) is 14.0. The molecular formula is C26H31Cl3N2O2S. The highest BCUT2D eigenvalue weighted by Gasteiger charge is 2.30. The SMILES string of the molecule is CC[C@@H](C(=O)NC1CCCCC1)N(Cc1ccc(Cl)c(Cl)c1)C(=O)CSCc1cccc(Cl)c1. The number of hydrogen-bond donors (Lipinski definition) is 1. The minimum Gasteiger partial charge on any atom is -0.352 e. The van der Waals surface area contributed by atoms with E-state index in [-0.39, 0.29) is 23.6 Å². The molecule has 3 rings (SSSR count). The van der Waals surface area contributed by atoms with E-state index in [1.54, 1.807) is 17.0 Å². The smallest absolute Gasteiger partial charge is 0.243 e. The number of carbonyl (C=O) groups excluding carboxylic acids is 2. The summed E-state index contributed by atoms with van der Waals surface area (Å²) in [5, 5.41) is 4.77. The predicted octanol–water partition coefficient (Wildman–Crippen LogP) is 7.14. The fraction of sp³-hybridized carbons (Fsp3) is 0.462. The summed E-state index contributed by atoms with van der Waals surface area (Å²) in [5.41, 5.74) is 1.90. The third-order valence-corrected chi connectivity index (χ3v) is 8.02. The topological polar surface area (TPSA) is 49.4 Å². The Morgan fingerprint density at radius 2 is 1.79 bits per heavy atom. The highest BCUT2D eigenvalue weighted by atomic mass is 35.5. The molecule has 0 aromatic heterocycles. The Morgan fingerprint density at radius 3 is 2.47 bits per heavy atom. The zero-order valence-electron chi connectivity index (χ0n) is 19.4. The average molecular weight is 542 g/mol. The molecule has 0 unspecified atom stereocenters. The van der Waals surface area contributed by atoms with E-state index in [0.29, 0.717) is 33.8 Å². The number of amides is 2. The van der Waals surface area contributed by atoms with Crippen LogP contribution in [0.4, 0.5) is 0 Å². The van der Waals surface area contributed by atoms with E-state index in [4.69, 9.17) is 34.8 Å². The number of nitrogens with zero attached hydrogens (tertiary/aromatic N) is 1. The van der Waals surface area contributed by atoms with E-state index in [1.807, 2.05) is 37.3 Å². The number of thioether (sulfide) groups is 1. The summed E-state index contributed by atoms with van der Waals surface area (Å²) in [6.07, 6.45) is 6.01. The lowest BCUT2D eigenvalue weighted by Gasteiger charge is -2.33. The van der Waals surface area contributed by atoms with Crippen LogP contribution in [-0.2, 0) is 21.9 Å². The number of benzene rings is 2. The van der Waals surface area contributed by atoms with Crippen molar-refractivity contribution in [3.8, 4) is 0 Å². The van der Waals surface area contributed by atoms with Gasteiger partial charge in [-0.1, -0.05) is 79.2 Å². The summed E-state index contributed by atoms with van der Waals surface area (Å²) < 4.78 is 0. The van der Waals surface area contributed by atoms with Gasteiger partial charge in [0.05, 0.1) is 15.8 Å². The lowest BCUT2D eigenvalue weighted by molar-refractivity contribution is -0.139. The molecule has 1 saturated carbocycles. The maximum absolute atomic E-state index is 13.4. The molecule has 1 aliphatic carbocycles. The predicted molar refractivity (Wildman–Crippen MR) is 144 cm³/mol. The summed E-state index contributed by atoms with van der Waals surface area (Å²) in [4.78, 5) is 28.3. The van der Waals surface area contributed by atoms with Crippen LogP contribution >= 0.6 is 46.6 Å². The average Bonchev–Trinajstić information content (AvgIpc) is 2.82. The van der Waals surface area contributed by atoms with Gasteiger partial charge >= 0.3 is 0 Å². The molecule has 1 N–H and O–H groups in total. The number of carbonyl (C=O) groups is 2. The molecule has 0 heterocycles. The van der Waals surface area contributed by atoms with Gasteiger partial charge in [-0.3, -0.25) is 9.59 Å². The monoisotopic (exact) mass is 540 g/mol. The summed E-state index contributed by atoms with van der Waals surface area (Å²) in [6, 6.07) is 12.6. The van der Waals surface area contributed by atoms with Gasteiger partial charge in [0.25, 0.3) is 0 Å². The Bertz CT molecular complexity index is 982. The first-order chi connectivity index (χ1) is 16.4. The third-order valence-electron chi connectivity index (χ3n) is 6.06. The van der Waals surface area contributed by atoms with Crippen molar-refractivity contribution in [2.45, 2.75) is 69.8 Å². The molecule has 4 nitrogen and oxygen atoms in total. The maximum atomic E-state index is 13.4. The Morgan fingerprint density at radius 1 is 1.03 bits per heavy atom. The van der Waals surface area contributed by atoms with E-state index in [2.05, 4.69) is 5.32 Å². The van der Waals surface area contributed by atoms with E-state index in [0.717, 1.165) is 36.8 Å². The molecule has 0 bridgehead atoms. The minimum atomic E-state index is -0.546. The molecule has 0 saturated heterocycles. The van der Waals surface area contributed by atoms with E-state index < -0.39 is 6.04 Å². The molecule has 34 heavy (non-hydrogen) atoms. The molecule has 1 fully saturated rings. The summed E-state index contributed by atoms with van der Waals surface area (Å²) in [6.45, 7) is 2.24. The molecule has 184 valence electrons. The van der Waals surface area contributed by atoms with Crippen LogP contribution in [0.25, 0.3) is 0 Å². The van der Waals surface area contributed by atoms with E-state index in [1.165, 1.54) is 18.2 Å². The van der Waals surface area contributed by atoms with Gasteiger partial charge in [0.15, 0.2) is 0 Å². The van der Waals surface area contributed by atoms with Crippen molar-refractivity contribution in [2.24, 2.45) is 0 Å². The van der Waals surface area contributed by atoms with E-state index >= 15 is 0 Å². The van der Waals surface area contributed by atoms with E-state index in [9.17, 15) is 9.59 Å². The number of hydrogen-bond acceptors (Lipinski definition) is 3. The normalized spacial score (nSPS) is 15.1. The van der Waals surface area contributed by atoms with Gasteiger partial charge in [0, 0.05) is 23.4 Å². The Balaban J connectivity index is 1.72. The molecule has 0 radical (unpaired) electrons. The fourth-order valence-corrected chi connectivity index (χ4v) is 5.66. The van der Waals surface area contributed by atoms with Crippen LogP contribution in [0.1, 0.15) is 56.6 Å². The van der Waals surface area contributed by atoms with Gasteiger partial charge in [-0.2, -0.15) is 0 Å². The van der Waals surface area contributed by atoms with Crippen molar-refractivity contribution >= 4 is 58.4 Å².